The van der Waals surface area contributed by atoms with E-state index in [1.165, 1.54) is 0 Å². The lowest BCUT2D eigenvalue weighted by Crippen LogP contribution is -2.30. The van der Waals surface area contributed by atoms with Crippen molar-refractivity contribution in [2.45, 2.75) is 26.2 Å². The van der Waals surface area contributed by atoms with Gasteiger partial charge in [-0.15, -0.1) is 0 Å². The van der Waals surface area contributed by atoms with Crippen molar-refractivity contribution in [1.82, 2.24) is 9.97 Å². The molecule has 0 spiro atoms. The number of benzene rings is 1. The van der Waals surface area contributed by atoms with Gasteiger partial charge < -0.3 is 5.11 Å². The monoisotopic (exact) mass is 256 g/mol. The number of nitrogens with zero attached hydrogens (tertiary/aromatic N) is 2. The van der Waals surface area contributed by atoms with Gasteiger partial charge in [0.1, 0.15) is 11.2 Å². The number of aliphatic carboxylic acids is 1. The Kier molecular flexibility index (Phi) is 3.34. The molecule has 98 valence electrons. The normalized spacial score (nSPS) is 11.3. The van der Waals surface area contributed by atoms with Crippen LogP contribution in [0.15, 0.2) is 36.5 Å². The van der Waals surface area contributed by atoms with E-state index in [2.05, 4.69) is 9.97 Å². The molecule has 0 unspecified atom stereocenters. The molecule has 1 aromatic carbocycles. The van der Waals surface area contributed by atoms with Gasteiger partial charge in [-0.1, -0.05) is 23.8 Å². The summed E-state index contributed by atoms with van der Waals surface area (Å²) in [6, 6.07) is 9.71. The third-order valence-electron chi connectivity index (χ3n) is 3.06. The summed E-state index contributed by atoms with van der Waals surface area (Å²) in [4.78, 5) is 19.7. The van der Waals surface area contributed by atoms with Crippen molar-refractivity contribution in [3.63, 3.8) is 0 Å². The van der Waals surface area contributed by atoms with E-state index in [1.54, 1.807) is 26.1 Å². The minimum absolute atomic E-state index is 0.319. The number of hydrogen-bond donors (Lipinski definition) is 1. The second kappa shape index (κ2) is 4.80. The quantitative estimate of drug-likeness (QED) is 0.917. The third-order valence-corrected chi connectivity index (χ3v) is 3.06. The topological polar surface area (TPSA) is 63.1 Å². The van der Waals surface area contributed by atoms with E-state index in [4.69, 9.17) is 0 Å². The molecule has 4 heteroatoms. The fourth-order valence-electron chi connectivity index (χ4n) is 1.72. The third kappa shape index (κ3) is 2.62. The Bertz CT molecular complexity index is 621. The summed E-state index contributed by atoms with van der Waals surface area (Å²) < 4.78 is 0. The molecule has 0 fully saturated rings. The van der Waals surface area contributed by atoms with Crippen LogP contribution in [0.3, 0.4) is 0 Å². The van der Waals surface area contributed by atoms with Gasteiger partial charge in [-0.25, -0.2) is 9.97 Å². The van der Waals surface area contributed by atoms with Gasteiger partial charge in [-0.05, 0) is 32.9 Å². The lowest BCUT2D eigenvalue weighted by Gasteiger charge is -2.17. The van der Waals surface area contributed by atoms with Gasteiger partial charge in [-0.2, -0.15) is 0 Å². The Morgan fingerprint density at radius 1 is 1.26 bits per heavy atom. The van der Waals surface area contributed by atoms with E-state index < -0.39 is 11.4 Å². The second-order valence-corrected chi connectivity index (χ2v) is 5.07. The summed E-state index contributed by atoms with van der Waals surface area (Å²) >= 11 is 0. The summed E-state index contributed by atoms with van der Waals surface area (Å²) in [6.07, 6.45) is 1.60. The van der Waals surface area contributed by atoms with Crippen LogP contribution in [0.1, 0.15) is 25.2 Å². The fourth-order valence-corrected chi connectivity index (χ4v) is 1.72. The number of rotatable bonds is 3. The molecule has 0 amide bonds. The van der Waals surface area contributed by atoms with E-state index in [-0.39, 0.29) is 0 Å². The molecule has 2 aromatic rings. The minimum atomic E-state index is -1.10. The number of aryl methyl sites for hydroxylation is 1. The molecule has 0 aliphatic carbocycles. The van der Waals surface area contributed by atoms with Crippen LogP contribution in [0.2, 0.25) is 0 Å². The molecular weight excluding hydrogens is 240 g/mol. The second-order valence-electron chi connectivity index (χ2n) is 5.07. The van der Waals surface area contributed by atoms with Crippen LogP contribution in [0, 0.1) is 6.92 Å². The van der Waals surface area contributed by atoms with E-state index in [1.807, 2.05) is 31.2 Å². The van der Waals surface area contributed by atoms with Gasteiger partial charge in [-0.3, -0.25) is 4.79 Å². The Balaban J connectivity index is 2.48. The molecule has 19 heavy (non-hydrogen) atoms. The van der Waals surface area contributed by atoms with Crippen LogP contribution in [0.5, 0.6) is 0 Å². The summed E-state index contributed by atoms with van der Waals surface area (Å²) in [5, 5.41) is 9.22. The molecular formula is C15H16N2O2. The molecule has 0 saturated heterocycles. The van der Waals surface area contributed by atoms with Crippen molar-refractivity contribution < 1.29 is 9.90 Å². The number of carboxylic acids is 1. The van der Waals surface area contributed by atoms with Crippen LogP contribution in [0.4, 0.5) is 0 Å². The maximum atomic E-state index is 11.2. The first kappa shape index (κ1) is 13.2. The average Bonchev–Trinajstić information content (AvgIpc) is 2.38. The summed E-state index contributed by atoms with van der Waals surface area (Å²) in [5.41, 5.74) is 1.74. The Labute approximate surface area is 112 Å². The van der Waals surface area contributed by atoms with Crippen molar-refractivity contribution in [3.8, 4) is 11.3 Å². The average molecular weight is 256 g/mol. The van der Waals surface area contributed by atoms with Crippen LogP contribution in [-0.2, 0) is 10.2 Å². The smallest absolute Gasteiger partial charge is 0.316 e. The van der Waals surface area contributed by atoms with Crippen molar-refractivity contribution in [3.05, 3.63) is 47.9 Å². The Morgan fingerprint density at radius 2 is 2.00 bits per heavy atom. The summed E-state index contributed by atoms with van der Waals surface area (Å²) in [5.74, 6) is -0.618. The molecule has 1 heterocycles. The van der Waals surface area contributed by atoms with Gasteiger partial charge in [0, 0.05) is 11.8 Å². The van der Waals surface area contributed by atoms with Crippen LogP contribution >= 0.6 is 0 Å². The molecule has 0 saturated carbocycles. The van der Waals surface area contributed by atoms with Crippen molar-refractivity contribution in [2.24, 2.45) is 0 Å². The van der Waals surface area contributed by atoms with Crippen molar-refractivity contribution in [2.75, 3.05) is 0 Å². The standard InChI is InChI=1S/C15H16N2O2/c1-10-5-4-6-11(9-10)12-7-8-16-13(17-12)15(2,3)14(18)19/h4-9H,1-3H3,(H,18,19). The predicted octanol–water partition coefficient (Wildman–Crippen LogP) is 2.81. The number of carboxylic acid groups (broad SMARTS) is 1. The Morgan fingerprint density at radius 3 is 2.63 bits per heavy atom. The first-order chi connectivity index (χ1) is 8.91. The minimum Gasteiger partial charge on any atom is -0.481 e. The summed E-state index contributed by atoms with van der Waals surface area (Å²) in [7, 11) is 0. The Hall–Kier alpha value is -2.23. The molecule has 2 rings (SSSR count). The van der Waals surface area contributed by atoms with Crippen LogP contribution in [-0.4, -0.2) is 21.0 Å². The highest BCUT2D eigenvalue weighted by atomic mass is 16.4. The number of aromatic nitrogens is 2. The van der Waals surface area contributed by atoms with Gasteiger partial charge in [0.25, 0.3) is 0 Å². The summed E-state index contributed by atoms with van der Waals surface area (Å²) in [6.45, 7) is 5.21. The zero-order valence-electron chi connectivity index (χ0n) is 11.2. The molecule has 0 bridgehead atoms. The molecule has 0 aliphatic heterocycles. The molecule has 0 aliphatic rings. The molecule has 0 atom stereocenters. The van der Waals surface area contributed by atoms with Crippen LogP contribution in [0.25, 0.3) is 11.3 Å². The van der Waals surface area contributed by atoms with E-state index in [0.29, 0.717) is 5.82 Å². The first-order valence-electron chi connectivity index (χ1n) is 6.05. The van der Waals surface area contributed by atoms with E-state index in [9.17, 15) is 9.90 Å². The highest BCUT2D eigenvalue weighted by molar-refractivity contribution is 5.79. The fraction of sp³-hybridized carbons (Fsp3) is 0.267. The highest BCUT2D eigenvalue weighted by Crippen LogP contribution is 2.23. The largest absolute Gasteiger partial charge is 0.481 e. The zero-order chi connectivity index (χ0) is 14.0. The van der Waals surface area contributed by atoms with Gasteiger partial charge in [0.15, 0.2) is 0 Å². The predicted molar refractivity (Wildman–Crippen MR) is 72.9 cm³/mol. The van der Waals surface area contributed by atoms with Gasteiger partial charge in [0.2, 0.25) is 0 Å². The maximum Gasteiger partial charge on any atom is 0.316 e. The van der Waals surface area contributed by atoms with Gasteiger partial charge >= 0.3 is 5.97 Å². The van der Waals surface area contributed by atoms with Crippen LogP contribution < -0.4 is 0 Å². The molecule has 1 aromatic heterocycles. The lowest BCUT2D eigenvalue weighted by atomic mass is 9.92. The maximum absolute atomic E-state index is 11.2. The van der Waals surface area contributed by atoms with Gasteiger partial charge in [0.05, 0.1) is 5.69 Å². The van der Waals surface area contributed by atoms with Crippen molar-refractivity contribution in [1.29, 1.82) is 0 Å². The number of carbonyl (C=O) groups is 1. The first-order valence-corrected chi connectivity index (χ1v) is 6.05. The van der Waals surface area contributed by atoms with E-state index >= 15 is 0 Å². The number of hydrogen-bond acceptors (Lipinski definition) is 3. The lowest BCUT2D eigenvalue weighted by molar-refractivity contribution is -0.142. The SMILES string of the molecule is Cc1cccc(-c2ccnc(C(C)(C)C(=O)O)n2)c1. The highest BCUT2D eigenvalue weighted by Gasteiger charge is 2.32. The zero-order valence-corrected chi connectivity index (χ0v) is 11.2. The van der Waals surface area contributed by atoms with Crippen molar-refractivity contribution >= 4 is 5.97 Å². The molecule has 1 N–H and O–H groups in total. The van der Waals surface area contributed by atoms with E-state index in [0.717, 1.165) is 16.8 Å². The molecule has 0 radical (unpaired) electrons. The molecule has 4 nitrogen and oxygen atoms in total.